The first-order chi connectivity index (χ1) is 6.19. The highest BCUT2D eigenvalue weighted by Gasteiger charge is 2.05. The van der Waals surface area contributed by atoms with Crippen LogP contribution >= 0.6 is 12.2 Å². The van der Waals surface area contributed by atoms with Gasteiger partial charge >= 0.3 is 0 Å². The molecule has 1 aromatic rings. The minimum absolute atomic E-state index is 0.611. The van der Waals surface area contributed by atoms with E-state index in [0.29, 0.717) is 11.3 Å². The second-order valence-corrected chi connectivity index (χ2v) is 3.25. The number of thiocarbonyl (C=S) groups is 1. The standard InChI is InChI=1S/C10H10O2S/c1-7(13)9-5-8(6-11)3-4-10(9)12-2/h3-6H,1-2H3. The number of ether oxygens (including phenoxy) is 1. The third-order valence-electron chi connectivity index (χ3n) is 1.74. The summed E-state index contributed by atoms with van der Waals surface area (Å²) in [6.45, 7) is 1.81. The number of hydrogen-bond acceptors (Lipinski definition) is 3. The average molecular weight is 194 g/mol. The molecular formula is C10H10O2S. The van der Waals surface area contributed by atoms with Gasteiger partial charge in [-0.2, -0.15) is 0 Å². The predicted molar refractivity (Wildman–Crippen MR) is 55.8 cm³/mol. The van der Waals surface area contributed by atoms with Gasteiger partial charge in [0.25, 0.3) is 0 Å². The summed E-state index contributed by atoms with van der Waals surface area (Å²) in [4.78, 5) is 11.2. The molecule has 0 saturated heterocycles. The van der Waals surface area contributed by atoms with E-state index in [-0.39, 0.29) is 0 Å². The fourth-order valence-electron chi connectivity index (χ4n) is 1.07. The van der Waals surface area contributed by atoms with Crippen molar-refractivity contribution in [2.45, 2.75) is 6.92 Å². The fraction of sp³-hybridized carbons (Fsp3) is 0.200. The highest BCUT2D eigenvalue weighted by molar-refractivity contribution is 7.80. The van der Waals surface area contributed by atoms with Gasteiger partial charge in [0.05, 0.1) is 7.11 Å². The molecule has 1 aromatic carbocycles. The molecule has 0 spiro atoms. The van der Waals surface area contributed by atoms with Gasteiger partial charge in [0.2, 0.25) is 0 Å². The van der Waals surface area contributed by atoms with E-state index in [1.54, 1.807) is 25.3 Å². The van der Waals surface area contributed by atoms with E-state index in [4.69, 9.17) is 17.0 Å². The monoisotopic (exact) mass is 194 g/mol. The Morgan fingerprint density at radius 3 is 2.69 bits per heavy atom. The molecule has 0 saturated carbocycles. The summed E-state index contributed by atoms with van der Waals surface area (Å²) in [6, 6.07) is 5.18. The molecule has 0 aliphatic heterocycles. The molecule has 0 atom stereocenters. The van der Waals surface area contributed by atoms with E-state index >= 15 is 0 Å². The van der Waals surface area contributed by atoms with Crippen LogP contribution in [0.25, 0.3) is 0 Å². The summed E-state index contributed by atoms with van der Waals surface area (Å²) in [5.74, 6) is 0.707. The Kier molecular flexibility index (Phi) is 3.14. The van der Waals surface area contributed by atoms with Gasteiger partial charge in [-0.1, -0.05) is 12.2 Å². The van der Waals surface area contributed by atoms with Crippen LogP contribution in [0.3, 0.4) is 0 Å². The Bertz CT molecular complexity index is 345. The van der Waals surface area contributed by atoms with Gasteiger partial charge in [0.1, 0.15) is 12.0 Å². The molecule has 0 fully saturated rings. The maximum atomic E-state index is 10.5. The molecule has 0 unspecified atom stereocenters. The van der Waals surface area contributed by atoms with Crippen LogP contribution < -0.4 is 4.74 Å². The molecule has 0 bridgehead atoms. The molecule has 0 aliphatic rings. The van der Waals surface area contributed by atoms with Crippen LogP contribution in [0.2, 0.25) is 0 Å². The lowest BCUT2D eigenvalue weighted by Gasteiger charge is -2.06. The van der Waals surface area contributed by atoms with E-state index in [0.717, 1.165) is 16.7 Å². The molecule has 1 rings (SSSR count). The van der Waals surface area contributed by atoms with Crippen molar-refractivity contribution in [3.8, 4) is 5.75 Å². The van der Waals surface area contributed by atoms with Crippen LogP contribution in [0, 0.1) is 0 Å². The lowest BCUT2D eigenvalue weighted by molar-refractivity contribution is 0.112. The number of carbonyl (C=O) groups is 1. The zero-order valence-corrected chi connectivity index (χ0v) is 8.35. The Labute approximate surface area is 82.5 Å². The first-order valence-corrected chi connectivity index (χ1v) is 4.24. The maximum absolute atomic E-state index is 10.5. The van der Waals surface area contributed by atoms with Crippen molar-refractivity contribution in [1.29, 1.82) is 0 Å². The summed E-state index contributed by atoms with van der Waals surface area (Å²) in [5, 5.41) is 0. The number of hydrogen-bond donors (Lipinski definition) is 0. The molecule has 68 valence electrons. The second-order valence-electron chi connectivity index (χ2n) is 2.63. The third kappa shape index (κ3) is 2.12. The number of rotatable bonds is 3. The van der Waals surface area contributed by atoms with Crippen LogP contribution in [0.1, 0.15) is 22.8 Å². The quantitative estimate of drug-likeness (QED) is 0.419. The van der Waals surface area contributed by atoms with E-state index in [9.17, 15) is 4.79 Å². The molecule has 3 heteroatoms. The molecule has 0 aliphatic carbocycles. The number of benzene rings is 1. The minimum atomic E-state index is 0.611. The Balaban J connectivity index is 3.25. The number of methoxy groups -OCH3 is 1. The lowest BCUT2D eigenvalue weighted by atomic mass is 10.1. The van der Waals surface area contributed by atoms with Gasteiger partial charge in [-0.05, 0) is 25.1 Å². The summed E-state index contributed by atoms with van der Waals surface area (Å²) >= 11 is 5.03. The molecule has 0 aromatic heterocycles. The Morgan fingerprint density at radius 2 is 2.23 bits per heavy atom. The van der Waals surface area contributed by atoms with Gasteiger partial charge in [0.15, 0.2) is 0 Å². The van der Waals surface area contributed by atoms with E-state index < -0.39 is 0 Å². The smallest absolute Gasteiger partial charge is 0.150 e. The average Bonchev–Trinajstić information content (AvgIpc) is 2.16. The van der Waals surface area contributed by atoms with Crippen LogP contribution in [-0.2, 0) is 0 Å². The molecule has 0 N–H and O–H groups in total. The molecule has 0 radical (unpaired) electrons. The van der Waals surface area contributed by atoms with Crippen molar-refractivity contribution in [3.05, 3.63) is 29.3 Å². The topological polar surface area (TPSA) is 26.3 Å². The van der Waals surface area contributed by atoms with Crippen molar-refractivity contribution in [2.75, 3.05) is 7.11 Å². The maximum Gasteiger partial charge on any atom is 0.150 e. The fourth-order valence-corrected chi connectivity index (χ4v) is 1.23. The van der Waals surface area contributed by atoms with Gasteiger partial charge in [-0.25, -0.2) is 0 Å². The molecule has 0 heterocycles. The third-order valence-corrected chi connectivity index (χ3v) is 1.96. The van der Waals surface area contributed by atoms with E-state index in [1.807, 2.05) is 6.92 Å². The van der Waals surface area contributed by atoms with Crippen molar-refractivity contribution in [1.82, 2.24) is 0 Å². The molecule has 2 nitrogen and oxygen atoms in total. The Morgan fingerprint density at radius 1 is 1.54 bits per heavy atom. The van der Waals surface area contributed by atoms with Crippen molar-refractivity contribution < 1.29 is 9.53 Å². The van der Waals surface area contributed by atoms with Gasteiger partial charge in [-0.15, -0.1) is 0 Å². The largest absolute Gasteiger partial charge is 0.496 e. The molecule has 13 heavy (non-hydrogen) atoms. The number of carbonyl (C=O) groups excluding carboxylic acids is 1. The summed E-state index contributed by atoms with van der Waals surface area (Å²) in [7, 11) is 1.58. The minimum Gasteiger partial charge on any atom is -0.496 e. The summed E-state index contributed by atoms with van der Waals surface area (Å²) in [5.41, 5.74) is 1.42. The molecular weight excluding hydrogens is 184 g/mol. The summed E-state index contributed by atoms with van der Waals surface area (Å²) < 4.78 is 5.10. The van der Waals surface area contributed by atoms with Crippen LogP contribution in [0.15, 0.2) is 18.2 Å². The van der Waals surface area contributed by atoms with Crippen LogP contribution in [-0.4, -0.2) is 18.3 Å². The summed E-state index contributed by atoms with van der Waals surface area (Å²) in [6.07, 6.45) is 0.793. The van der Waals surface area contributed by atoms with Gasteiger partial charge in [-0.3, -0.25) is 4.79 Å². The normalized spacial score (nSPS) is 9.38. The van der Waals surface area contributed by atoms with Crippen LogP contribution in [0.4, 0.5) is 0 Å². The first-order valence-electron chi connectivity index (χ1n) is 3.83. The second kappa shape index (κ2) is 4.14. The predicted octanol–water partition coefficient (Wildman–Crippen LogP) is 2.25. The highest BCUT2D eigenvalue weighted by atomic mass is 32.1. The van der Waals surface area contributed by atoms with Crippen molar-refractivity contribution in [3.63, 3.8) is 0 Å². The lowest BCUT2D eigenvalue weighted by Crippen LogP contribution is -1.97. The zero-order chi connectivity index (χ0) is 9.84. The van der Waals surface area contributed by atoms with E-state index in [1.165, 1.54) is 0 Å². The van der Waals surface area contributed by atoms with E-state index in [2.05, 4.69) is 0 Å². The zero-order valence-electron chi connectivity index (χ0n) is 7.53. The van der Waals surface area contributed by atoms with Crippen molar-refractivity contribution >= 4 is 23.4 Å². The SMILES string of the molecule is COc1ccc(C=O)cc1C(C)=S. The molecule has 0 amide bonds. The Hall–Kier alpha value is -1.22. The van der Waals surface area contributed by atoms with Crippen LogP contribution in [0.5, 0.6) is 5.75 Å². The van der Waals surface area contributed by atoms with Gasteiger partial charge in [0, 0.05) is 16.0 Å². The highest BCUT2D eigenvalue weighted by Crippen LogP contribution is 2.19. The first kappa shape index (κ1) is 9.86. The van der Waals surface area contributed by atoms with Crippen molar-refractivity contribution in [2.24, 2.45) is 0 Å². The number of aldehydes is 1. The van der Waals surface area contributed by atoms with Gasteiger partial charge < -0.3 is 4.74 Å².